The molecule has 1 amide bonds. The molecule has 140 valence electrons. The Morgan fingerprint density at radius 2 is 2.00 bits per heavy atom. The van der Waals surface area contributed by atoms with Gasteiger partial charge in [-0.05, 0) is 31.2 Å². The monoisotopic (exact) mass is 377 g/mol. The van der Waals surface area contributed by atoms with E-state index in [0.29, 0.717) is 34.5 Å². The first-order valence-electron chi connectivity index (χ1n) is 8.49. The summed E-state index contributed by atoms with van der Waals surface area (Å²) >= 11 is 0. The van der Waals surface area contributed by atoms with Gasteiger partial charge in [-0.2, -0.15) is 0 Å². The molecule has 0 aliphatic heterocycles. The number of halogens is 1. The van der Waals surface area contributed by atoms with Crippen LogP contribution >= 0.6 is 0 Å². The SMILES string of the molecule is CC(=O)Nc1cc(Nc2nc(-c3ccc(F)c(C)n3)nc3[nH]ccc23)ccn1. The number of hydrogen-bond acceptors (Lipinski definition) is 6. The third-order valence-corrected chi connectivity index (χ3v) is 3.99. The summed E-state index contributed by atoms with van der Waals surface area (Å²) in [5.41, 5.74) is 2.05. The maximum absolute atomic E-state index is 13.6. The van der Waals surface area contributed by atoms with Gasteiger partial charge in [-0.15, -0.1) is 0 Å². The van der Waals surface area contributed by atoms with Crippen LogP contribution in [0.15, 0.2) is 42.7 Å². The van der Waals surface area contributed by atoms with E-state index in [1.165, 1.54) is 19.1 Å². The van der Waals surface area contributed by atoms with E-state index in [0.717, 1.165) is 5.39 Å². The molecule has 4 heterocycles. The minimum absolute atomic E-state index is 0.209. The second-order valence-electron chi connectivity index (χ2n) is 6.14. The lowest BCUT2D eigenvalue weighted by atomic mass is 10.2. The van der Waals surface area contributed by atoms with Gasteiger partial charge in [-0.25, -0.2) is 24.3 Å². The number of carbonyl (C=O) groups excluding carboxylic acids is 1. The predicted molar refractivity (Wildman–Crippen MR) is 104 cm³/mol. The molecule has 0 radical (unpaired) electrons. The Morgan fingerprint density at radius 1 is 1.14 bits per heavy atom. The van der Waals surface area contributed by atoms with E-state index in [2.05, 4.69) is 35.6 Å². The summed E-state index contributed by atoms with van der Waals surface area (Å²) < 4.78 is 13.6. The van der Waals surface area contributed by atoms with Crippen molar-refractivity contribution in [1.29, 1.82) is 0 Å². The van der Waals surface area contributed by atoms with Crippen molar-refractivity contribution in [3.63, 3.8) is 0 Å². The van der Waals surface area contributed by atoms with E-state index in [-0.39, 0.29) is 17.4 Å². The minimum Gasteiger partial charge on any atom is -0.346 e. The van der Waals surface area contributed by atoms with Crippen molar-refractivity contribution in [2.45, 2.75) is 13.8 Å². The Bertz CT molecular complexity index is 1190. The molecule has 28 heavy (non-hydrogen) atoms. The molecular weight excluding hydrogens is 361 g/mol. The summed E-state index contributed by atoms with van der Waals surface area (Å²) in [5.74, 6) is 0.736. The number of aromatic amines is 1. The maximum Gasteiger partial charge on any atom is 0.222 e. The lowest BCUT2D eigenvalue weighted by Crippen LogP contribution is -2.07. The molecule has 0 aliphatic carbocycles. The number of pyridine rings is 2. The molecule has 0 aromatic carbocycles. The molecule has 0 spiro atoms. The molecule has 0 saturated carbocycles. The first-order chi connectivity index (χ1) is 13.5. The first-order valence-corrected chi connectivity index (χ1v) is 8.49. The number of nitrogens with zero attached hydrogens (tertiary/aromatic N) is 4. The van der Waals surface area contributed by atoms with Crippen molar-refractivity contribution in [2.75, 3.05) is 10.6 Å². The Kier molecular flexibility index (Phi) is 4.40. The van der Waals surface area contributed by atoms with Crippen molar-refractivity contribution in [1.82, 2.24) is 24.9 Å². The van der Waals surface area contributed by atoms with Crippen LogP contribution in [0.5, 0.6) is 0 Å². The number of H-pyrrole nitrogens is 1. The van der Waals surface area contributed by atoms with Crippen molar-refractivity contribution in [3.8, 4) is 11.5 Å². The van der Waals surface area contributed by atoms with Crippen molar-refractivity contribution < 1.29 is 9.18 Å². The normalized spacial score (nSPS) is 10.8. The van der Waals surface area contributed by atoms with Gasteiger partial charge in [-0.1, -0.05) is 0 Å². The largest absolute Gasteiger partial charge is 0.346 e. The molecule has 0 saturated heterocycles. The Balaban J connectivity index is 1.75. The molecule has 8 nitrogen and oxygen atoms in total. The fraction of sp³-hybridized carbons (Fsp3) is 0.105. The molecule has 4 aromatic rings. The van der Waals surface area contributed by atoms with Gasteiger partial charge in [0.2, 0.25) is 5.91 Å². The minimum atomic E-state index is -0.384. The topological polar surface area (TPSA) is 108 Å². The number of amides is 1. The predicted octanol–water partition coefficient (Wildman–Crippen LogP) is 3.56. The molecule has 0 atom stereocenters. The van der Waals surface area contributed by atoms with Crippen molar-refractivity contribution in [2.24, 2.45) is 0 Å². The Morgan fingerprint density at radius 3 is 2.79 bits per heavy atom. The maximum atomic E-state index is 13.6. The molecule has 9 heteroatoms. The van der Waals surface area contributed by atoms with E-state index < -0.39 is 0 Å². The summed E-state index contributed by atoms with van der Waals surface area (Å²) in [6, 6.07) is 8.18. The quantitative estimate of drug-likeness (QED) is 0.502. The molecule has 4 rings (SSSR count). The lowest BCUT2D eigenvalue weighted by Gasteiger charge is -2.10. The van der Waals surface area contributed by atoms with Crippen LogP contribution in [0, 0.1) is 12.7 Å². The standard InChI is InChI=1S/C19H16FN7O/c1-10-14(20)3-4-15(23-10)19-26-17-13(6-8-22-17)18(27-19)25-12-5-7-21-16(9-12)24-11(2)28/h3-9H,1-2H3,(H3,21,22,24,25,26,27,28). The van der Waals surface area contributed by atoms with Crippen LogP contribution in [0.2, 0.25) is 0 Å². The summed E-state index contributed by atoms with van der Waals surface area (Å²) in [5, 5.41) is 6.63. The fourth-order valence-electron chi connectivity index (χ4n) is 2.71. The van der Waals surface area contributed by atoms with E-state index >= 15 is 0 Å². The second-order valence-corrected chi connectivity index (χ2v) is 6.14. The molecule has 0 unspecified atom stereocenters. The molecule has 3 N–H and O–H groups in total. The number of fused-ring (bicyclic) bond motifs is 1. The van der Waals surface area contributed by atoms with Crippen LogP contribution in [0.3, 0.4) is 0 Å². The van der Waals surface area contributed by atoms with Gasteiger partial charge in [0, 0.05) is 31.1 Å². The lowest BCUT2D eigenvalue weighted by molar-refractivity contribution is -0.114. The van der Waals surface area contributed by atoms with Crippen LogP contribution in [-0.4, -0.2) is 30.8 Å². The van der Waals surface area contributed by atoms with Gasteiger partial charge >= 0.3 is 0 Å². The van der Waals surface area contributed by atoms with Gasteiger partial charge in [0.1, 0.15) is 28.8 Å². The molecule has 0 aliphatic rings. The summed E-state index contributed by atoms with van der Waals surface area (Å²) in [6.07, 6.45) is 3.34. The third kappa shape index (κ3) is 3.50. The Labute approximate surface area is 159 Å². The van der Waals surface area contributed by atoms with E-state index in [1.54, 1.807) is 31.5 Å². The zero-order valence-corrected chi connectivity index (χ0v) is 15.1. The number of anilines is 3. The van der Waals surface area contributed by atoms with Crippen LogP contribution in [0.25, 0.3) is 22.6 Å². The smallest absolute Gasteiger partial charge is 0.222 e. The number of aromatic nitrogens is 5. The van der Waals surface area contributed by atoms with Crippen molar-refractivity contribution >= 4 is 34.3 Å². The molecule has 0 fully saturated rings. The van der Waals surface area contributed by atoms with E-state index in [4.69, 9.17) is 0 Å². The summed E-state index contributed by atoms with van der Waals surface area (Å²) in [6.45, 7) is 3.01. The first kappa shape index (κ1) is 17.5. The number of aryl methyl sites for hydroxylation is 1. The van der Waals surface area contributed by atoms with Crippen LogP contribution in [0.1, 0.15) is 12.6 Å². The second kappa shape index (κ2) is 7.03. The zero-order valence-electron chi connectivity index (χ0n) is 15.1. The fourth-order valence-corrected chi connectivity index (χ4v) is 2.71. The highest BCUT2D eigenvalue weighted by molar-refractivity contribution is 5.91. The highest BCUT2D eigenvalue weighted by atomic mass is 19.1. The van der Waals surface area contributed by atoms with Gasteiger partial charge in [-0.3, -0.25) is 4.79 Å². The highest BCUT2D eigenvalue weighted by Crippen LogP contribution is 2.27. The highest BCUT2D eigenvalue weighted by Gasteiger charge is 2.13. The van der Waals surface area contributed by atoms with Crippen LogP contribution in [0.4, 0.5) is 21.7 Å². The van der Waals surface area contributed by atoms with E-state index in [9.17, 15) is 9.18 Å². The number of nitrogens with one attached hydrogen (secondary N) is 3. The van der Waals surface area contributed by atoms with E-state index in [1.807, 2.05) is 6.07 Å². The summed E-state index contributed by atoms with van der Waals surface area (Å²) in [7, 11) is 0. The molecule has 0 bridgehead atoms. The van der Waals surface area contributed by atoms with Crippen LogP contribution < -0.4 is 10.6 Å². The average molecular weight is 377 g/mol. The van der Waals surface area contributed by atoms with Gasteiger partial charge < -0.3 is 15.6 Å². The Hall–Kier alpha value is -3.88. The number of hydrogen-bond donors (Lipinski definition) is 3. The average Bonchev–Trinajstić information content (AvgIpc) is 3.13. The van der Waals surface area contributed by atoms with Crippen LogP contribution in [-0.2, 0) is 4.79 Å². The van der Waals surface area contributed by atoms with Gasteiger partial charge in [0.25, 0.3) is 0 Å². The number of carbonyl (C=O) groups is 1. The third-order valence-electron chi connectivity index (χ3n) is 3.99. The van der Waals surface area contributed by atoms with Gasteiger partial charge in [0.05, 0.1) is 11.1 Å². The van der Waals surface area contributed by atoms with Gasteiger partial charge in [0.15, 0.2) is 5.82 Å². The molecular formula is C19H16FN7O. The zero-order chi connectivity index (χ0) is 19.7. The van der Waals surface area contributed by atoms with Crippen molar-refractivity contribution in [3.05, 3.63) is 54.2 Å². The molecule has 4 aromatic heterocycles. The summed E-state index contributed by atoms with van der Waals surface area (Å²) in [4.78, 5) is 31.7. The number of rotatable bonds is 4.